The van der Waals surface area contributed by atoms with E-state index in [1.165, 1.54) is 0 Å². The number of rotatable bonds is 4. The van der Waals surface area contributed by atoms with Crippen molar-refractivity contribution < 1.29 is 4.79 Å². The van der Waals surface area contributed by atoms with Gasteiger partial charge in [0, 0.05) is 11.3 Å². The van der Waals surface area contributed by atoms with E-state index in [1.807, 2.05) is 67.6 Å². The molecule has 3 aromatic rings. The van der Waals surface area contributed by atoms with Crippen molar-refractivity contribution >= 4 is 5.91 Å². The molecule has 0 saturated carbocycles. The maximum atomic E-state index is 12.3. The lowest BCUT2D eigenvalue weighted by molar-refractivity contribution is 0.0950. The molecule has 4 heteroatoms. The standard InChI is InChI=1S/C18H17N3O/c1-13-10-17(21-20-13)12-19-18(22)16-9-5-8-15(11-16)14-6-3-2-4-7-14/h2-11H,12H2,1H3,(H,19,22)(H,20,21). The minimum atomic E-state index is -0.0987. The lowest BCUT2D eigenvalue weighted by Crippen LogP contribution is -2.22. The average Bonchev–Trinajstić information content (AvgIpc) is 2.99. The summed E-state index contributed by atoms with van der Waals surface area (Å²) in [5.74, 6) is -0.0987. The van der Waals surface area contributed by atoms with Crippen LogP contribution in [0.25, 0.3) is 11.1 Å². The third-order valence-corrected chi connectivity index (χ3v) is 3.42. The normalized spacial score (nSPS) is 10.4. The molecule has 0 unspecified atom stereocenters. The number of aromatic amines is 1. The van der Waals surface area contributed by atoms with E-state index in [1.54, 1.807) is 0 Å². The fraction of sp³-hybridized carbons (Fsp3) is 0.111. The van der Waals surface area contributed by atoms with Crippen LogP contribution in [-0.4, -0.2) is 16.1 Å². The summed E-state index contributed by atoms with van der Waals surface area (Å²) in [5.41, 5.74) is 4.58. The van der Waals surface area contributed by atoms with Crippen molar-refractivity contribution in [1.82, 2.24) is 15.5 Å². The Balaban J connectivity index is 1.73. The number of hydrogen-bond acceptors (Lipinski definition) is 2. The maximum absolute atomic E-state index is 12.3. The summed E-state index contributed by atoms with van der Waals surface area (Å²) >= 11 is 0. The highest BCUT2D eigenvalue weighted by Gasteiger charge is 2.07. The Morgan fingerprint density at radius 2 is 1.82 bits per heavy atom. The molecule has 0 aliphatic rings. The fourth-order valence-corrected chi connectivity index (χ4v) is 2.31. The topological polar surface area (TPSA) is 57.8 Å². The van der Waals surface area contributed by atoms with E-state index >= 15 is 0 Å². The van der Waals surface area contributed by atoms with E-state index in [4.69, 9.17) is 0 Å². The van der Waals surface area contributed by atoms with E-state index in [0.29, 0.717) is 12.1 Å². The summed E-state index contributed by atoms with van der Waals surface area (Å²) in [6, 6.07) is 19.6. The number of amides is 1. The highest BCUT2D eigenvalue weighted by Crippen LogP contribution is 2.19. The van der Waals surface area contributed by atoms with Gasteiger partial charge < -0.3 is 5.32 Å². The van der Waals surface area contributed by atoms with Gasteiger partial charge in [-0.2, -0.15) is 5.10 Å². The Bertz CT molecular complexity index is 778. The summed E-state index contributed by atoms with van der Waals surface area (Å²) in [7, 11) is 0. The van der Waals surface area contributed by atoms with Crippen LogP contribution in [0.1, 0.15) is 21.7 Å². The Kier molecular flexibility index (Phi) is 4.01. The van der Waals surface area contributed by atoms with E-state index < -0.39 is 0 Å². The van der Waals surface area contributed by atoms with Crippen LogP contribution in [0.3, 0.4) is 0 Å². The molecule has 0 fully saturated rings. The van der Waals surface area contributed by atoms with E-state index in [-0.39, 0.29) is 5.91 Å². The molecule has 3 rings (SSSR count). The Hall–Kier alpha value is -2.88. The summed E-state index contributed by atoms with van der Waals surface area (Å²) < 4.78 is 0. The van der Waals surface area contributed by atoms with Crippen LogP contribution in [0.15, 0.2) is 60.7 Å². The molecule has 2 aromatic carbocycles. The number of carbonyl (C=O) groups is 1. The average molecular weight is 291 g/mol. The molecule has 110 valence electrons. The van der Waals surface area contributed by atoms with Gasteiger partial charge in [0.1, 0.15) is 0 Å². The first-order chi connectivity index (χ1) is 10.7. The molecule has 0 bridgehead atoms. The van der Waals surface area contributed by atoms with Gasteiger partial charge in [0.2, 0.25) is 0 Å². The van der Waals surface area contributed by atoms with E-state index in [9.17, 15) is 4.79 Å². The van der Waals surface area contributed by atoms with Crippen molar-refractivity contribution in [3.05, 3.63) is 77.6 Å². The monoisotopic (exact) mass is 291 g/mol. The zero-order valence-electron chi connectivity index (χ0n) is 12.3. The van der Waals surface area contributed by atoms with Gasteiger partial charge in [-0.1, -0.05) is 42.5 Å². The van der Waals surface area contributed by atoms with Gasteiger partial charge in [-0.25, -0.2) is 0 Å². The molecular weight excluding hydrogens is 274 g/mol. The van der Waals surface area contributed by atoms with Crippen molar-refractivity contribution in [2.24, 2.45) is 0 Å². The quantitative estimate of drug-likeness (QED) is 0.774. The van der Waals surface area contributed by atoms with Crippen LogP contribution in [-0.2, 0) is 6.54 Å². The zero-order valence-corrected chi connectivity index (χ0v) is 12.3. The highest BCUT2D eigenvalue weighted by molar-refractivity contribution is 5.95. The van der Waals surface area contributed by atoms with Crippen LogP contribution >= 0.6 is 0 Å². The first-order valence-electron chi connectivity index (χ1n) is 7.17. The minimum Gasteiger partial charge on any atom is -0.346 e. The number of nitrogens with zero attached hydrogens (tertiary/aromatic N) is 1. The number of carbonyl (C=O) groups excluding carboxylic acids is 1. The van der Waals surface area contributed by atoms with E-state index in [2.05, 4.69) is 15.5 Å². The number of nitrogens with one attached hydrogen (secondary N) is 2. The third kappa shape index (κ3) is 3.23. The lowest BCUT2D eigenvalue weighted by Gasteiger charge is -2.06. The summed E-state index contributed by atoms with van der Waals surface area (Å²) in [4.78, 5) is 12.3. The Morgan fingerprint density at radius 1 is 1.05 bits per heavy atom. The van der Waals surface area contributed by atoms with E-state index in [0.717, 1.165) is 22.5 Å². The molecule has 4 nitrogen and oxygen atoms in total. The molecule has 2 N–H and O–H groups in total. The van der Waals surface area contributed by atoms with Crippen LogP contribution in [0.5, 0.6) is 0 Å². The van der Waals surface area contributed by atoms with Crippen LogP contribution in [0.2, 0.25) is 0 Å². The Labute approximate surface area is 129 Å². The number of hydrogen-bond donors (Lipinski definition) is 2. The number of aromatic nitrogens is 2. The predicted molar refractivity (Wildman–Crippen MR) is 86.4 cm³/mol. The molecule has 0 radical (unpaired) electrons. The molecule has 0 aliphatic heterocycles. The molecule has 1 aromatic heterocycles. The number of benzene rings is 2. The van der Waals surface area contributed by atoms with Crippen LogP contribution in [0, 0.1) is 6.92 Å². The maximum Gasteiger partial charge on any atom is 0.251 e. The first kappa shape index (κ1) is 14.1. The third-order valence-electron chi connectivity index (χ3n) is 3.42. The summed E-state index contributed by atoms with van der Waals surface area (Å²) in [5, 5.41) is 9.85. The second-order valence-electron chi connectivity index (χ2n) is 5.17. The van der Waals surface area contributed by atoms with Gasteiger partial charge in [-0.15, -0.1) is 0 Å². The van der Waals surface area contributed by atoms with Crippen molar-refractivity contribution in [2.45, 2.75) is 13.5 Å². The molecular formula is C18H17N3O. The predicted octanol–water partition coefficient (Wildman–Crippen LogP) is 3.32. The molecule has 0 aliphatic carbocycles. The molecule has 0 spiro atoms. The zero-order chi connectivity index (χ0) is 15.4. The first-order valence-corrected chi connectivity index (χ1v) is 7.17. The second kappa shape index (κ2) is 6.26. The smallest absolute Gasteiger partial charge is 0.251 e. The molecule has 22 heavy (non-hydrogen) atoms. The van der Waals surface area contributed by atoms with Crippen molar-refractivity contribution in [1.29, 1.82) is 0 Å². The summed E-state index contributed by atoms with van der Waals surface area (Å²) in [6.45, 7) is 2.35. The largest absolute Gasteiger partial charge is 0.346 e. The Morgan fingerprint density at radius 3 is 2.55 bits per heavy atom. The fourth-order valence-electron chi connectivity index (χ4n) is 2.31. The van der Waals surface area contributed by atoms with Gasteiger partial charge in [-0.05, 0) is 36.2 Å². The number of aryl methyl sites for hydroxylation is 1. The van der Waals surface area contributed by atoms with Gasteiger partial charge in [0.15, 0.2) is 0 Å². The van der Waals surface area contributed by atoms with Crippen molar-refractivity contribution in [2.75, 3.05) is 0 Å². The van der Waals surface area contributed by atoms with Gasteiger partial charge in [-0.3, -0.25) is 9.89 Å². The van der Waals surface area contributed by atoms with Gasteiger partial charge >= 0.3 is 0 Å². The second-order valence-corrected chi connectivity index (χ2v) is 5.17. The molecule has 1 amide bonds. The van der Waals surface area contributed by atoms with Crippen molar-refractivity contribution in [3.63, 3.8) is 0 Å². The van der Waals surface area contributed by atoms with Gasteiger partial charge in [0.25, 0.3) is 5.91 Å². The molecule has 1 heterocycles. The highest BCUT2D eigenvalue weighted by atomic mass is 16.1. The number of H-pyrrole nitrogens is 1. The SMILES string of the molecule is Cc1cc(CNC(=O)c2cccc(-c3ccccc3)c2)n[nH]1. The van der Waals surface area contributed by atoms with Crippen LogP contribution in [0.4, 0.5) is 0 Å². The van der Waals surface area contributed by atoms with Crippen molar-refractivity contribution in [3.8, 4) is 11.1 Å². The summed E-state index contributed by atoms with van der Waals surface area (Å²) in [6.07, 6.45) is 0. The van der Waals surface area contributed by atoms with Crippen LogP contribution < -0.4 is 5.32 Å². The lowest BCUT2D eigenvalue weighted by atomic mass is 10.0. The van der Waals surface area contributed by atoms with Gasteiger partial charge in [0.05, 0.1) is 12.2 Å². The minimum absolute atomic E-state index is 0.0987. The molecule has 0 atom stereocenters. The molecule has 0 saturated heterocycles.